The highest BCUT2D eigenvalue weighted by Crippen LogP contribution is 2.34. The highest BCUT2D eigenvalue weighted by Gasteiger charge is 2.16. The molecule has 0 bridgehead atoms. The summed E-state index contributed by atoms with van der Waals surface area (Å²) in [5.41, 5.74) is 0.698. The zero-order chi connectivity index (χ0) is 23.1. The molecule has 1 amide bonds. The Balaban J connectivity index is 1.82. The zero-order valence-corrected chi connectivity index (χ0v) is 17.3. The number of ether oxygens (including phenoxy) is 2. The van der Waals surface area contributed by atoms with Gasteiger partial charge in [0.25, 0.3) is 11.6 Å². The molecular weight excluding hydrogens is 414 g/mol. The zero-order valence-electron chi connectivity index (χ0n) is 17.3. The molecule has 0 radical (unpaired) electrons. The highest BCUT2D eigenvalue weighted by atomic mass is 16.6. The SMILES string of the molecule is CCOc1cccc(NC(=O)/C(C#N)=C/c2ccc(-c3ccc([N+](=O)[O-])cc3OC)o2)c1. The summed E-state index contributed by atoms with van der Waals surface area (Å²) in [6, 6.07) is 16.0. The number of nitrogens with zero attached hydrogens (tertiary/aromatic N) is 2. The van der Waals surface area contributed by atoms with Crippen LogP contribution in [0.3, 0.4) is 0 Å². The van der Waals surface area contributed by atoms with Gasteiger partial charge in [-0.3, -0.25) is 14.9 Å². The van der Waals surface area contributed by atoms with Gasteiger partial charge in [-0.05, 0) is 37.3 Å². The Kier molecular flexibility index (Phi) is 6.88. The van der Waals surface area contributed by atoms with Gasteiger partial charge in [-0.2, -0.15) is 5.26 Å². The van der Waals surface area contributed by atoms with Gasteiger partial charge in [0.1, 0.15) is 34.7 Å². The maximum atomic E-state index is 12.5. The summed E-state index contributed by atoms with van der Waals surface area (Å²) in [6.45, 7) is 2.34. The molecule has 0 spiro atoms. The van der Waals surface area contributed by atoms with E-state index in [-0.39, 0.29) is 22.8 Å². The summed E-state index contributed by atoms with van der Waals surface area (Å²) >= 11 is 0. The van der Waals surface area contributed by atoms with E-state index in [1.165, 1.54) is 31.4 Å². The van der Waals surface area contributed by atoms with Crippen LogP contribution in [0.15, 0.2) is 64.6 Å². The summed E-state index contributed by atoms with van der Waals surface area (Å²) in [5, 5.41) is 23.0. The van der Waals surface area contributed by atoms with Gasteiger partial charge in [0.2, 0.25) is 0 Å². The van der Waals surface area contributed by atoms with Crippen LogP contribution < -0.4 is 14.8 Å². The number of carbonyl (C=O) groups is 1. The molecule has 32 heavy (non-hydrogen) atoms. The van der Waals surface area contributed by atoms with Gasteiger partial charge in [-0.1, -0.05) is 6.07 Å². The van der Waals surface area contributed by atoms with Crippen molar-refractivity contribution >= 4 is 23.4 Å². The van der Waals surface area contributed by atoms with Gasteiger partial charge >= 0.3 is 0 Å². The molecule has 9 nitrogen and oxygen atoms in total. The minimum Gasteiger partial charge on any atom is -0.496 e. The lowest BCUT2D eigenvalue weighted by Gasteiger charge is -2.07. The molecule has 9 heteroatoms. The molecule has 162 valence electrons. The van der Waals surface area contributed by atoms with Crippen LogP contribution in [-0.2, 0) is 4.79 Å². The van der Waals surface area contributed by atoms with Gasteiger partial charge < -0.3 is 19.2 Å². The van der Waals surface area contributed by atoms with Crippen LogP contribution >= 0.6 is 0 Å². The maximum absolute atomic E-state index is 12.5. The number of nitro groups is 1. The Hall–Kier alpha value is -4.58. The molecule has 1 N–H and O–H groups in total. The van der Waals surface area contributed by atoms with Gasteiger partial charge in [0, 0.05) is 23.9 Å². The number of nitriles is 1. The smallest absolute Gasteiger partial charge is 0.273 e. The molecule has 0 aliphatic rings. The van der Waals surface area contributed by atoms with Crippen molar-refractivity contribution in [3.05, 3.63) is 76.0 Å². The van der Waals surface area contributed by atoms with Crippen LogP contribution in [0.4, 0.5) is 11.4 Å². The number of hydrogen-bond acceptors (Lipinski definition) is 7. The fourth-order valence-electron chi connectivity index (χ4n) is 2.89. The number of benzene rings is 2. The summed E-state index contributed by atoms with van der Waals surface area (Å²) in [6.07, 6.45) is 1.31. The average molecular weight is 433 g/mol. The first-order chi connectivity index (χ1) is 15.4. The number of hydrogen-bond donors (Lipinski definition) is 1. The van der Waals surface area contributed by atoms with E-state index in [9.17, 15) is 20.2 Å². The predicted octanol–water partition coefficient (Wildman–Crippen LogP) is 4.81. The van der Waals surface area contributed by atoms with Crippen LogP contribution in [-0.4, -0.2) is 24.5 Å². The van der Waals surface area contributed by atoms with E-state index in [0.29, 0.717) is 29.4 Å². The van der Waals surface area contributed by atoms with Crippen LogP contribution in [0.25, 0.3) is 17.4 Å². The first-order valence-electron chi connectivity index (χ1n) is 9.53. The van der Waals surface area contributed by atoms with Gasteiger partial charge in [-0.25, -0.2) is 0 Å². The lowest BCUT2D eigenvalue weighted by atomic mass is 10.1. The topological polar surface area (TPSA) is 128 Å². The number of amides is 1. The molecule has 0 unspecified atom stereocenters. The standard InChI is InChI=1S/C23H19N3O6/c1-3-31-18-6-4-5-16(12-18)25-23(27)15(14-24)11-19-8-10-21(32-19)20-9-7-17(26(28)29)13-22(20)30-2/h4-13H,3H2,1-2H3,(H,25,27)/b15-11+. The lowest BCUT2D eigenvalue weighted by Crippen LogP contribution is -2.13. The Morgan fingerprint density at radius 1 is 1.25 bits per heavy atom. The number of methoxy groups -OCH3 is 1. The van der Waals surface area contributed by atoms with Crippen LogP contribution in [0.2, 0.25) is 0 Å². The van der Waals surface area contributed by atoms with E-state index in [0.717, 1.165) is 0 Å². The minimum absolute atomic E-state index is 0.117. The lowest BCUT2D eigenvalue weighted by molar-refractivity contribution is -0.384. The molecule has 2 aromatic carbocycles. The average Bonchev–Trinajstić information content (AvgIpc) is 3.25. The third-order valence-corrected chi connectivity index (χ3v) is 4.34. The Morgan fingerprint density at radius 3 is 2.75 bits per heavy atom. The van der Waals surface area contributed by atoms with E-state index in [1.54, 1.807) is 36.4 Å². The minimum atomic E-state index is -0.605. The number of rotatable bonds is 8. The second kappa shape index (κ2) is 9.95. The van der Waals surface area contributed by atoms with Crippen LogP contribution in [0.5, 0.6) is 11.5 Å². The van der Waals surface area contributed by atoms with Crippen molar-refractivity contribution in [2.75, 3.05) is 19.0 Å². The van der Waals surface area contributed by atoms with E-state index in [1.807, 2.05) is 13.0 Å². The summed E-state index contributed by atoms with van der Waals surface area (Å²) in [5.74, 6) is 0.879. The van der Waals surface area contributed by atoms with Gasteiger partial charge in [0.15, 0.2) is 0 Å². The molecule has 0 atom stereocenters. The van der Waals surface area contributed by atoms with Crippen molar-refractivity contribution in [2.24, 2.45) is 0 Å². The number of anilines is 1. The number of nitrogens with one attached hydrogen (secondary N) is 1. The first-order valence-corrected chi connectivity index (χ1v) is 9.53. The fraction of sp³-hybridized carbons (Fsp3) is 0.130. The number of nitro benzene ring substituents is 1. The molecule has 3 aromatic rings. The second-order valence-electron chi connectivity index (χ2n) is 6.43. The third kappa shape index (κ3) is 5.12. The molecule has 0 aliphatic heterocycles. The van der Waals surface area contributed by atoms with Gasteiger partial charge in [0.05, 0.1) is 30.3 Å². The monoisotopic (exact) mass is 433 g/mol. The van der Waals surface area contributed by atoms with Crippen molar-refractivity contribution in [1.29, 1.82) is 5.26 Å². The quantitative estimate of drug-likeness (QED) is 0.234. The molecule has 0 aliphatic carbocycles. The number of carbonyl (C=O) groups excluding carboxylic acids is 1. The van der Waals surface area contributed by atoms with Crippen molar-refractivity contribution < 1.29 is 23.6 Å². The predicted molar refractivity (Wildman–Crippen MR) is 117 cm³/mol. The molecule has 3 rings (SSSR count). The van der Waals surface area contributed by atoms with Crippen molar-refractivity contribution in [3.63, 3.8) is 0 Å². The summed E-state index contributed by atoms with van der Waals surface area (Å²) in [4.78, 5) is 23.0. The summed E-state index contributed by atoms with van der Waals surface area (Å²) < 4.78 is 16.3. The van der Waals surface area contributed by atoms with Crippen molar-refractivity contribution in [3.8, 4) is 28.9 Å². The Morgan fingerprint density at radius 2 is 2.06 bits per heavy atom. The van der Waals surface area contributed by atoms with E-state index in [2.05, 4.69) is 5.32 Å². The molecular formula is C23H19N3O6. The maximum Gasteiger partial charge on any atom is 0.273 e. The Bertz CT molecular complexity index is 1220. The van der Waals surface area contributed by atoms with Gasteiger partial charge in [-0.15, -0.1) is 0 Å². The number of non-ortho nitro benzene ring substituents is 1. The Labute approximate surface area is 183 Å². The molecule has 1 heterocycles. The second-order valence-corrected chi connectivity index (χ2v) is 6.43. The molecule has 0 saturated carbocycles. The number of furan rings is 1. The largest absolute Gasteiger partial charge is 0.496 e. The van der Waals surface area contributed by atoms with Crippen molar-refractivity contribution in [1.82, 2.24) is 0 Å². The van der Waals surface area contributed by atoms with Crippen LogP contribution in [0.1, 0.15) is 12.7 Å². The normalized spacial score (nSPS) is 10.8. The third-order valence-electron chi connectivity index (χ3n) is 4.34. The fourth-order valence-corrected chi connectivity index (χ4v) is 2.89. The van der Waals surface area contributed by atoms with Crippen molar-refractivity contribution in [2.45, 2.75) is 6.92 Å². The molecule has 0 saturated heterocycles. The van der Waals surface area contributed by atoms with E-state index >= 15 is 0 Å². The van der Waals surface area contributed by atoms with Crippen LogP contribution in [0, 0.1) is 21.4 Å². The molecule has 0 fully saturated rings. The first kappa shape index (κ1) is 22.1. The highest BCUT2D eigenvalue weighted by molar-refractivity contribution is 6.09. The molecule has 1 aromatic heterocycles. The van der Waals surface area contributed by atoms with E-state index < -0.39 is 10.8 Å². The van der Waals surface area contributed by atoms with E-state index in [4.69, 9.17) is 13.9 Å². The summed E-state index contributed by atoms with van der Waals surface area (Å²) in [7, 11) is 1.39.